The van der Waals surface area contributed by atoms with Crippen LogP contribution >= 0.6 is 0 Å². The van der Waals surface area contributed by atoms with Crippen LogP contribution in [0.2, 0.25) is 0 Å². The Kier molecular flexibility index (Phi) is 8.88. The maximum Gasteiger partial charge on any atom is 0.0629 e. The molecule has 0 aliphatic rings. The second kappa shape index (κ2) is 8.97. The summed E-state index contributed by atoms with van der Waals surface area (Å²) < 4.78 is 5.01. The molecule has 3 N–H and O–H groups in total. The largest absolute Gasteiger partial charge is 0.383 e. The first-order valence-electron chi connectivity index (χ1n) is 4.80. The molecule has 0 aliphatic carbocycles. The molecule has 1 unspecified atom stereocenters. The van der Waals surface area contributed by atoms with E-state index in [1.54, 1.807) is 7.11 Å². The summed E-state index contributed by atoms with van der Waals surface area (Å²) >= 11 is 0. The van der Waals surface area contributed by atoms with Gasteiger partial charge in [-0.1, -0.05) is 32.6 Å². The third-order valence-electron chi connectivity index (χ3n) is 2.01. The van der Waals surface area contributed by atoms with Gasteiger partial charge in [0, 0.05) is 13.2 Å². The van der Waals surface area contributed by atoms with E-state index in [9.17, 15) is 0 Å². The molecule has 0 heterocycles. The molecule has 0 amide bonds. The van der Waals surface area contributed by atoms with E-state index < -0.39 is 0 Å². The van der Waals surface area contributed by atoms with Crippen LogP contribution < -0.4 is 11.3 Å². The van der Waals surface area contributed by atoms with E-state index in [0.717, 1.165) is 6.42 Å². The van der Waals surface area contributed by atoms with Crippen molar-refractivity contribution in [2.24, 2.45) is 5.84 Å². The number of nitrogens with two attached hydrogens (primary N) is 1. The molecule has 0 spiro atoms. The van der Waals surface area contributed by atoms with Crippen LogP contribution in [0.5, 0.6) is 0 Å². The third kappa shape index (κ3) is 6.58. The fraction of sp³-hybridized carbons (Fsp3) is 1.00. The number of methoxy groups -OCH3 is 1. The van der Waals surface area contributed by atoms with Gasteiger partial charge in [0.1, 0.15) is 0 Å². The van der Waals surface area contributed by atoms with Crippen LogP contribution in [0.1, 0.15) is 39.0 Å². The van der Waals surface area contributed by atoms with Gasteiger partial charge in [0.25, 0.3) is 0 Å². The molecule has 0 fully saturated rings. The van der Waals surface area contributed by atoms with Crippen LogP contribution in [0.25, 0.3) is 0 Å². The van der Waals surface area contributed by atoms with E-state index in [4.69, 9.17) is 10.6 Å². The van der Waals surface area contributed by atoms with Crippen molar-refractivity contribution < 1.29 is 4.74 Å². The van der Waals surface area contributed by atoms with E-state index in [2.05, 4.69) is 12.3 Å². The predicted octanol–water partition coefficient (Wildman–Crippen LogP) is 1.44. The van der Waals surface area contributed by atoms with Crippen molar-refractivity contribution in [3.63, 3.8) is 0 Å². The zero-order valence-electron chi connectivity index (χ0n) is 8.31. The minimum atomic E-state index is 0.326. The summed E-state index contributed by atoms with van der Waals surface area (Å²) in [6.07, 6.45) is 6.27. The molecule has 1 atom stereocenters. The van der Waals surface area contributed by atoms with Gasteiger partial charge < -0.3 is 4.74 Å². The summed E-state index contributed by atoms with van der Waals surface area (Å²) in [4.78, 5) is 0. The maximum absolute atomic E-state index is 5.34. The Hall–Kier alpha value is -0.120. The lowest BCUT2D eigenvalue weighted by Crippen LogP contribution is -2.38. The van der Waals surface area contributed by atoms with E-state index in [-0.39, 0.29) is 0 Å². The van der Waals surface area contributed by atoms with E-state index in [0.29, 0.717) is 12.6 Å². The van der Waals surface area contributed by atoms with Gasteiger partial charge in [-0.05, 0) is 6.42 Å². The summed E-state index contributed by atoms with van der Waals surface area (Å²) in [6.45, 7) is 2.93. The second-order valence-corrected chi connectivity index (χ2v) is 3.17. The highest BCUT2D eigenvalue weighted by atomic mass is 16.5. The molecule has 0 saturated heterocycles. The minimum Gasteiger partial charge on any atom is -0.383 e. The lowest BCUT2D eigenvalue weighted by Gasteiger charge is -2.13. The molecule has 0 saturated carbocycles. The van der Waals surface area contributed by atoms with Crippen molar-refractivity contribution in [3.8, 4) is 0 Å². The van der Waals surface area contributed by atoms with Crippen molar-refractivity contribution in [2.45, 2.75) is 45.1 Å². The van der Waals surface area contributed by atoms with Gasteiger partial charge in [-0.2, -0.15) is 0 Å². The molecule has 3 heteroatoms. The van der Waals surface area contributed by atoms with Gasteiger partial charge in [-0.25, -0.2) is 0 Å². The second-order valence-electron chi connectivity index (χ2n) is 3.17. The van der Waals surface area contributed by atoms with E-state index in [1.165, 1.54) is 25.7 Å². The average Bonchev–Trinajstić information content (AvgIpc) is 2.10. The van der Waals surface area contributed by atoms with Crippen LogP contribution in [0.4, 0.5) is 0 Å². The summed E-state index contributed by atoms with van der Waals surface area (Å²) in [6, 6.07) is 0.326. The summed E-state index contributed by atoms with van der Waals surface area (Å²) in [5.41, 5.74) is 2.75. The van der Waals surface area contributed by atoms with Crippen molar-refractivity contribution in [2.75, 3.05) is 13.7 Å². The Bertz CT molecular complexity index is 88.6. The number of rotatable bonds is 8. The van der Waals surface area contributed by atoms with Crippen LogP contribution in [0.15, 0.2) is 0 Å². The number of hydrogen-bond acceptors (Lipinski definition) is 3. The van der Waals surface area contributed by atoms with Crippen LogP contribution in [0, 0.1) is 0 Å². The molecule has 12 heavy (non-hydrogen) atoms. The fourth-order valence-corrected chi connectivity index (χ4v) is 1.23. The van der Waals surface area contributed by atoms with Crippen LogP contribution in [-0.4, -0.2) is 19.8 Å². The molecule has 3 nitrogen and oxygen atoms in total. The first kappa shape index (κ1) is 11.9. The number of unbranched alkanes of at least 4 members (excludes halogenated alkanes) is 3. The summed E-state index contributed by atoms with van der Waals surface area (Å²) in [5, 5.41) is 0. The molecule has 0 aromatic rings. The molecule has 74 valence electrons. The number of hydrogen-bond donors (Lipinski definition) is 2. The highest BCUT2D eigenvalue weighted by Crippen LogP contribution is 2.05. The van der Waals surface area contributed by atoms with Gasteiger partial charge in [0.05, 0.1) is 6.61 Å². The predicted molar refractivity (Wildman–Crippen MR) is 51.7 cm³/mol. The molecular formula is C9H22N2O. The highest BCUT2D eigenvalue weighted by Gasteiger charge is 2.03. The SMILES string of the molecule is CCCCCCC(COC)NN. The standard InChI is InChI=1S/C9H22N2O/c1-3-4-5-6-7-9(11-10)8-12-2/h9,11H,3-8,10H2,1-2H3. The van der Waals surface area contributed by atoms with Crippen molar-refractivity contribution >= 4 is 0 Å². The van der Waals surface area contributed by atoms with Crippen molar-refractivity contribution in [1.29, 1.82) is 0 Å². The Labute approximate surface area is 75.6 Å². The zero-order chi connectivity index (χ0) is 9.23. The van der Waals surface area contributed by atoms with Gasteiger partial charge in [0.15, 0.2) is 0 Å². The van der Waals surface area contributed by atoms with E-state index >= 15 is 0 Å². The monoisotopic (exact) mass is 174 g/mol. The maximum atomic E-state index is 5.34. The van der Waals surface area contributed by atoms with Crippen LogP contribution in [0.3, 0.4) is 0 Å². The first-order chi connectivity index (χ1) is 5.85. The fourth-order valence-electron chi connectivity index (χ4n) is 1.23. The number of hydrazine groups is 1. The molecule has 0 aromatic carbocycles. The van der Waals surface area contributed by atoms with Gasteiger partial charge in [0.2, 0.25) is 0 Å². The smallest absolute Gasteiger partial charge is 0.0629 e. The summed E-state index contributed by atoms with van der Waals surface area (Å²) in [7, 11) is 1.70. The van der Waals surface area contributed by atoms with Gasteiger partial charge in [-0.3, -0.25) is 11.3 Å². The lowest BCUT2D eigenvalue weighted by molar-refractivity contribution is 0.161. The number of ether oxygens (including phenoxy) is 1. The van der Waals surface area contributed by atoms with Crippen molar-refractivity contribution in [3.05, 3.63) is 0 Å². The highest BCUT2D eigenvalue weighted by molar-refractivity contribution is 4.61. The van der Waals surface area contributed by atoms with Gasteiger partial charge in [-0.15, -0.1) is 0 Å². The Balaban J connectivity index is 3.19. The molecule has 0 radical (unpaired) electrons. The van der Waals surface area contributed by atoms with Crippen LogP contribution in [-0.2, 0) is 4.74 Å². The topological polar surface area (TPSA) is 47.3 Å². The lowest BCUT2D eigenvalue weighted by atomic mass is 10.1. The van der Waals surface area contributed by atoms with Crippen molar-refractivity contribution in [1.82, 2.24) is 5.43 Å². The number of nitrogens with one attached hydrogen (secondary N) is 1. The minimum absolute atomic E-state index is 0.326. The Morgan fingerprint density at radius 1 is 1.33 bits per heavy atom. The molecular weight excluding hydrogens is 152 g/mol. The molecule has 0 rings (SSSR count). The first-order valence-corrected chi connectivity index (χ1v) is 4.80. The summed E-state index contributed by atoms with van der Waals surface area (Å²) in [5.74, 6) is 5.34. The zero-order valence-corrected chi connectivity index (χ0v) is 8.31. The quantitative estimate of drug-likeness (QED) is 0.332. The average molecular weight is 174 g/mol. The van der Waals surface area contributed by atoms with E-state index in [1.807, 2.05) is 0 Å². The Morgan fingerprint density at radius 3 is 2.58 bits per heavy atom. The normalized spacial score (nSPS) is 13.2. The third-order valence-corrected chi connectivity index (χ3v) is 2.01. The Morgan fingerprint density at radius 2 is 2.08 bits per heavy atom. The molecule has 0 bridgehead atoms. The molecule has 0 aromatic heterocycles. The molecule has 0 aliphatic heterocycles. The van der Waals surface area contributed by atoms with Gasteiger partial charge >= 0.3 is 0 Å².